The third-order valence-corrected chi connectivity index (χ3v) is 1.47. The number of hydrogen-bond donors (Lipinski definition) is 6. The van der Waals surface area contributed by atoms with E-state index in [-0.39, 0.29) is 6.61 Å². The van der Waals surface area contributed by atoms with Crippen LogP contribution in [0.2, 0.25) is 0 Å². The third-order valence-electron chi connectivity index (χ3n) is 1.47. The predicted octanol–water partition coefficient (Wildman–Crippen LogP) is -3.12. The van der Waals surface area contributed by atoms with Crippen molar-refractivity contribution in [2.75, 3.05) is 39.6 Å². The van der Waals surface area contributed by atoms with Crippen LogP contribution in [0.4, 0.5) is 0 Å². The molecule has 0 spiro atoms. The number of aliphatic hydroxyl groups is 5. The largest absolute Gasteiger partial charge is 0.396 e. The molecule has 82 valence electrons. The molecular weight excluding hydrogens is 178 g/mol. The Morgan fingerprint density at radius 3 is 1.00 bits per heavy atom. The first-order valence-corrected chi connectivity index (χ1v) is 3.90. The van der Waals surface area contributed by atoms with E-state index in [1.807, 2.05) is 0 Å². The molecule has 7 N–H and O–H groups in total. The topological polar surface area (TPSA) is 127 Å². The second-order valence-electron chi connectivity index (χ2n) is 2.64. The summed E-state index contributed by atoms with van der Waals surface area (Å²) < 4.78 is 0. The standard InChI is InChI=1S/C5H12O4.C2H7NO/c6-1-5(2-7,3-8)4-9;3-1-2-4/h6-9H,1-4H2;4H,1-3H2. The highest BCUT2D eigenvalue weighted by Gasteiger charge is 2.26. The Morgan fingerprint density at radius 1 is 0.769 bits per heavy atom. The zero-order valence-electron chi connectivity index (χ0n) is 7.56. The summed E-state index contributed by atoms with van der Waals surface area (Å²) in [6, 6.07) is 0. The lowest BCUT2D eigenvalue weighted by atomic mass is 9.93. The van der Waals surface area contributed by atoms with Gasteiger partial charge in [0.05, 0.1) is 38.4 Å². The quantitative estimate of drug-likeness (QED) is 0.277. The van der Waals surface area contributed by atoms with Crippen LogP contribution < -0.4 is 5.73 Å². The average molecular weight is 197 g/mol. The second kappa shape index (κ2) is 9.85. The summed E-state index contributed by atoms with van der Waals surface area (Å²) in [5, 5.41) is 41.7. The van der Waals surface area contributed by atoms with E-state index in [1.54, 1.807) is 0 Å². The van der Waals surface area contributed by atoms with E-state index in [2.05, 4.69) is 0 Å². The van der Waals surface area contributed by atoms with Gasteiger partial charge in [-0.1, -0.05) is 0 Å². The van der Waals surface area contributed by atoms with Gasteiger partial charge >= 0.3 is 0 Å². The summed E-state index contributed by atoms with van der Waals surface area (Å²) >= 11 is 0. The van der Waals surface area contributed by atoms with Crippen LogP contribution in [0.25, 0.3) is 0 Å². The fraction of sp³-hybridized carbons (Fsp3) is 1.00. The van der Waals surface area contributed by atoms with Crippen molar-refractivity contribution in [2.45, 2.75) is 0 Å². The summed E-state index contributed by atoms with van der Waals surface area (Å²) in [4.78, 5) is 0. The van der Waals surface area contributed by atoms with Crippen LogP contribution in [0.5, 0.6) is 0 Å². The van der Waals surface area contributed by atoms with Gasteiger partial charge in [-0.25, -0.2) is 0 Å². The molecule has 0 atom stereocenters. The highest BCUT2D eigenvalue weighted by atomic mass is 16.3. The lowest BCUT2D eigenvalue weighted by Crippen LogP contribution is -2.37. The second-order valence-corrected chi connectivity index (χ2v) is 2.64. The maximum absolute atomic E-state index is 8.50. The monoisotopic (exact) mass is 197 g/mol. The van der Waals surface area contributed by atoms with Crippen molar-refractivity contribution >= 4 is 0 Å². The van der Waals surface area contributed by atoms with E-state index in [0.717, 1.165) is 0 Å². The molecular formula is C7H19NO5. The lowest BCUT2D eigenvalue weighted by Gasteiger charge is -2.23. The molecule has 0 saturated heterocycles. The van der Waals surface area contributed by atoms with Crippen LogP contribution in [-0.4, -0.2) is 65.1 Å². The molecule has 0 bridgehead atoms. The van der Waals surface area contributed by atoms with Gasteiger partial charge in [-0.15, -0.1) is 0 Å². The van der Waals surface area contributed by atoms with Gasteiger partial charge < -0.3 is 31.3 Å². The van der Waals surface area contributed by atoms with E-state index in [0.29, 0.717) is 6.54 Å². The molecule has 0 unspecified atom stereocenters. The van der Waals surface area contributed by atoms with Crippen molar-refractivity contribution in [2.24, 2.45) is 11.1 Å². The van der Waals surface area contributed by atoms with E-state index in [1.165, 1.54) is 0 Å². The minimum absolute atomic E-state index is 0.0972. The number of rotatable bonds is 5. The van der Waals surface area contributed by atoms with Crippen LogP contribution in [0.3, 0.4) is 0 Å². The molecule has 0 aromatic carbocycles. The fourth-order valence-electron chi connectivity index (χ4n) is 0.300. The van der Waals surface area contributed by atoms with Gasteiger partial charge in [0.2, 0.25) is 0 Å². The van der Waals surface area contributed by atoms with Gasteiger partial charge in [-0.2, -0.15) is 0 Å². The molecule has 0 radical (unpaired) electrons. The van der Waals surface area contributed by atoms with E-state index in [9.17, 15) is 0 Å². The SMILES string of the molecule is NCCO.OCC(CO)(CO)CO. The van der Waals surface area contributed by atoms with E-state index < -0.39 is 31.8 Å². The first-order valence-electron chi connectivity index (χ1n) is 3.90. The van der Waals surface area contributed by atoms with Gasteiger partial charge in [0.15, 0.2) is 0 Å². The van der Waals surface area contributed by atoms with Crippen molar-refractivity contribution in [1.29, 1.82) is 0 Å². The van der Waals surface area contributed by atoms with Crippen LogP contribution >= 0.6 is 0 Å². The molecule has 0 aliphatic rings. The molecule has 0 amide bonds. The molecule has 6 heteroatoms. The molecule has 6 nitrogen and oxygen atoms in total. The van der Waals surface area contributed by atoms with Crippen molar-refractivity contribution in [1.82, 2.24) is 0 Å². The Morgan fingerprint density at radius 2 is 1.00 bits per heavy atom. The summed E-state index contributed by atoms with van der Waals surface area (Å²) in [7, 11) is 0. The Kier molecular flexibility index (Phi) is 11.5. The van der Waals surface area contributed by atoms with Gasteiger partial charge in [0.25, 0.3) is 0 Å². The minimum atomic E-state index is -1.11. The van der Waals surface area contributed by atoms with Crippen molar-refractivity contribution in [3.8, 4) is 0 Å². The Hall–Kier alpha value is -0.240. The molecule has 13 heavy (non-hydrogen) atoms. The molecule has 0 fully saturated rings. The van der Waals surface area contributed by atoms with Gasteiger partial charge in [0, 0.05) is 6.54 Å². The fourth-order valence-corrected chi connectivity index (χ4v) is 0.300. The Bertz CT molecular complexity index is 77.4. The summed E-state index contributed by atoms with van der Waals surface area (Å²) in [5.74, 6) is 0. The van der Waals surface area contributed by atoms with Gasteiger partial charge in [0.1, 0.15) is 0 Å². The molecule has 0 aliphatic heterocycles. The van der Waals surface area contributed by atoms with Crippen molar-refractivity contribution in [3.05, 3.63) is 0 Å². The van der Waals surface area contributed by atoms with Gasteiger partial charge in [-0.3, -0.25) is 0 Å². The minimum Gasteiger partial charge on any atom is -0.396 e. The van der Waals surface area contributed by atoms with Crippen LogP contribution in [0.15, 0.2) is 0 Å². The van der Waals surface area contributed by atoms with Crippen LogP contribution in [0, 0.1) is 5.41 Å². The molecule has 0 heterocycles. The summed E-state index contributed by atoms with van der Waals surface area (Å²) in [6.45, 7) is -1.15. The first kappa shape index (κ1) is 15.2. The number of aliphatic hydroxyl groups excluding tert-OH is 5. The van der Waals surface area contributed by atoms with Crippen LogP contribution in [-0.2, 0) is 0 Å². The van der Waals surface area contributed by atoms with Gasteiger partial charge in [-0.05, 0) is 0 Å². The maximum atomic E-state index is 8.50. The summed E-state index contributed by atoms with van der Waals surface area (Å²) in [5.41, 5.74) is 3.67. The number of nitrogens with two attached hydrogens (primary N) is 1. The molecule has 0 aromatic heterocycles. The smallest absolute Gasteiger partial charge is 0.0627 e. The molecule has 0 aromatic rings. The van der Waals surface area contributed by atoms with Crippen LogP contribution in [0.1, 0.15) is 0 Å². The average Bonchev–Trinajstić information content (AvgIpc) is 2.23. The van der Waals surface area contributed by atoms with Crippen molar-refractivity contribution in [3.63, 3.8) is 0 Å². The third kappa shape index (κ3) is 6.88. The Labute approximate surface area is 77.2 Å². The predicted molar refractivity (Wildman–Crippen MR) is 46.9 cm³/mol. The van der Waals surface area contributed by atoms with Crippen molar-refractivity contribution < 1.29 is 25.5 Å². The first-order chi connectivity index (χ1) is 6.16. The summed E-state index contributed by atoms with van der Waals surface area (Å²) in [6.07, 6.45) is 0. The maximum Gasteiger partial charge on any atom is 0.0627 e. The zero-order chi connectivity index (χ0) is 10.7. The Balaban J connectivity index is 0. The van der Waals surface area contributed by atoms with E-state index >= 15 is 0 Å². The number of hydrogen-bond acceptors (Lipinski definition) is 6. The molecule has 0 aliphatic carbocycles. The molecule has 0 saturated carbocycles. The zero-order valence-corrected chi connectivity index (χ0v) is 7.56. The highest BCUT2D eigenvalue weighted by Crippen LogP contribution is 2.11. The van der Waals surface area contributed by atoms with E-state index in [4.69, 9.17) is 31.3 Å². The highest BCUT2D eigenvalue weighted by molar-refractivity contribution is 4.74. The molecule has 0 rings (SSSR count). The lowest BCUT2D eigenvalue weighted by molar-refractivity contribution is -0.0328. The normalized spacial score (nSPS) is 10.6.